The minimum Gasteiger partial charge on any atom is -0.400 e. The Morgan fingerprint density at radius 3 is 1.33 bits per heavy atom. The van der Waals surface area contributed by atoms with Crippen molar-refractivity contribution in [2.75, 3.05) is 7.11 Å². The van der Waals surface area contributed by atoms with E-state index in [4.69, 9.17) is 5.11 Å². The molecule has 0 aliphatic heterocycles. The molecule has 0 saturated heterocycles. The van der Waals surface area contributed by atoms with Crippen molar-refractivity contribution in [3.05, 3.63) is 165 Å². The molecule has 14 heteroatoms. The van der Waals surface area contributed by atoms with E-state index in [1.807, 2.05) is 19.9 Å². The summed E-state index contributed by atoms with van der Waals surface area (Å²) in [5.41, 5.74) is -0.852. The summed E-state index contributed by atoms with van der Waals surface area (Å²) in [5.74, 6) is -18.6. The third-order valence-corrected chi connectivity index (χ3v) is 6.57. The van der Waals surface area contributed by atoms with Gasteiger partial charge in [-0.05, 0) is 68.0 Å². The van der Waals surface area contributed by atoms with Crippen LogP contribution in [0.2, 0.25) is 0 Å². The van der Waals surface area contributed by atoms with Crippen molar-refractivity contribution in [1.82, 2.24) is 0 Å². The number of rotatable bonds is 4. The van der Waals surface area contributed by atoms with Crippen LogP contribution in [-0.2, 0) is 12.8 Å². The van der Waals surface area contributed by atoms with Crippen LogP contribution in [0.1, 0.15) is 58.4 Å². The Kier molecular flexibility index (Phi) is 19.3. The Hall–Kier alpha value is -5.03. The molecule has 4 aromatic rings. The summed E-state index contributed by atoms with van der Waals surface area (Å²) in [6, 6.07) is 5.12. The molecule has 0 bridgehead atoms. The summed E-state index contributed by atoms with van der Waals surface area (Å²) >= 11 is 0. The van der Waals surface area contributed by atoms with Crippen LogP contribution in [0.3, 0.4) is 0 Å². The molecule has 0 heterocycles. The molecular formula is C38H31F13O. The SMILES string of the molecule is C#Cc1c(F)c(F)c(F)c(F)c1F.CCc1cc(C)cc(F)c1.CO.[CH2]c1c(F)c(F)c(CC)c(F)c1F.[CH2]c1c(F)c(F)c(F)c(C=C)c1C=C. The number of aryl methyl sites for hydroxylation is 2. The number of aliphatic hydroxyl groups excluding tert-OH is 1. The molecule has 0 fully saturated rings. The van der Waals surface area contributed by atoms with Gasteiger partial charge in [0, 0.05) is 23.8 Å². The lowest BCUT2D eigenvalue weighted by molar-refractivity contribution is 0.376. The summed E-state index contributed by atoms with van der Waals surface area (Å²) < 4.78 is 165. The number of hydrogen-bond acceptors (Lipinski definition) is 1. The third-order valence-electron chi connectivity index (χ3n) is 6.57. The number of benzene rings is 4. The van der Waals surface area contributed by atoms with Crippen LogP contribution >= 0.6 is 0 Å². The van der Waals surface area contributed by atoms with Gasteiger partial charge in [0.05, 0.1) is 0 Å². The van der Waals surface area contributed by atoms with Crippen LogP contribution < -0.4 is 0 Å². The molecule has 0 spiro atoms. The first-order chi connectivity index (χ1) is 24.3. The molecule has 0 aliphatic carbocycles. The summed E-state index contributed by atoms with van der Waals surface area (Å²) in [6.45, 7) is 18.2. The van der Waals surface area contributed by atoms with E-state index in [9.17, 15) is 57.1 Å². The van der Waals surface area contributed by atoms with Gasteiger partial charge in [0.15, 0.2) is 64.0 Å². The highest BCUT2D eigenvalue weighted by Gasteiger charge is 2.24. The maximum atomic E-state index is 13.1. The van der Waals surface area contributed by atoms with E-state index >= 15 is 0 Å². The van der Waals surface area contributed by atoms with Crippen LogP contribution in [0.15, 0.2) is 31.4 Å². The van der Waals surface area contributed by atoms with Crippen molar-refractivity contribution in [1.29, 1.82) is 0 Å². The van der Waals surface area contributed by atoms with E-state index in [0.29, 0.717) is 0 Å². The zero-order valence-electron chi connectivity index (χ0n) is 28.1. The summed E-state index contributed by atoms with van der Waals surface area (Å²) in [7, 11) is 1.00. The predicted octanol–water partition coefficient (Wildman–Crippen LogP) is 11.2. The van der Waals surface area contributed by atoms with E-state index in [0.717, 1.165) is 30.7 Å². The Balaban J connectivity index is 0.000000660. The number of aliphatic hydroxyl groups is 1. The fraction of sp³-hybridized carbons (Fsp3) is 0.158. The second kappa shape index (κ2) is 21.4. The highest BCUT2D eigenvalue weighted by Crippen LogP contribution is 2.27. The van der Waals surface area contributed by atoms with Crippen LogP contribution in [0.25, 0.3) is 12.2 Å². The minimum absolute atomic E-state index is 0.105. The number of halogens is 13. The molecule has 0 aromatic heterocycles. The topological polar surface area (TPSA) is 20.2 Å². The molecule has 1 N–H and O–H groups in total. The van der Waals surface area contributed by atoms with Crippen LogP contribution in [0.5, 0.6) is 0 Å². The largest absolute Gasteiger partial charge is 0.400 e. The first-order valence-corrected chi connectivity index (χ1v) is 14.4. The Bertz CT molecular complexity index is 1800. The quantitative estimate of drug-likeness (QED) is 0.0953. The molecule has 0 saturated carbocycles. The Morgan fingerprint density at radius 2 is 0.962 bits per heavy atom. The lowest BCUT2D eigenvalue weighted by atomic mass is 10.0. The molecule has 280 valence electrons. The van der Waals surface area contributed by atoms with Gasteiger partial charge in [-0.2, -0.15) is 0 Å². The molecule has 0 atom stereocenters. The van der Waals surface area contributed by atoms with Crippen LogP contribution in [0.4, 0.5) is 57.1 Å². The normalized spacial score (nSPS) is 9.83. The molecular weight excluding hydrogens is 719 g/mol. The van der Waals surface area contributed by atoms with Gasteiger partial charge < -0.3 is 5.11 Å². The standard InChI is InChI=1S/C11H8F3.C9H7F4.C9H11F.C8HF5.CH4O/c1-4-7-6(3)9(12)11(14)10(13)8(7)5-2;1-3-5-8(12)6(10)4(2)7(11)9(5)13;1-3-8-4-7(2)5-9(10)6-8;1-2-3-4(9)6(11)8(13)7(12)5(3)10;1-2/h4-5H,1-3H2;2-3H2,1H3;4-6H,3H2,1-2H3;1H;2H,1H3. The van der Waals surface area contributed by atoms with Crippen molar-refractivity contribution in [2.24, 2.45) is 0 Å². The van der Waals surface area contributed by atoms with Gasteiger partial charge in [0.1, 0.15) is 11.4 Å². The lowest BCUT2D eigenvalue weighted by Gasteiger charge is -2.09. The zero-order chi connectivity index (χ0) is 40.8. The maximum Gasteiger partial charge on any atom is 0.200 e. The van der Waals surface area contributed by atoms with E-state index in [1.54, 1.807) is 12.1 Å². The molecule has 4 rings (SSSR count). The molecule has 0 aliphatic rings. The van der Waals surface area contributed by atoms with Crippen molar-refractivity contribution < 1.29 is 62.2 Å². The Labute approximate surface area is 292 Å². The summed E-state index contributed by atoms with van der Waals surface area (Å²) in [4.78, 5) is 0. The first kappa shape index (κ1) is 47.0. The van der Waals surface area contributed by atoms with Crippen molar-refractivity contribution in [2.45, 2.75) is 33.6 Å². The maximum absolute atomic E-state index is 13.1. The molecule has 0 amide bonds. The van der Waals surface area contributed by atoms with E-state index < -0.39 is 86.5 Å². The minimum atomic E-state index is -2.21. The molecule has 52 heavy (non-hydrogen) atoms. The lowest BCUT2D eigenvalue weighted by Crippen LogP contribution is -2.05. The van der Waals surface area contributed by atoms with Crippen LogP contribution in [0, 0.1) is 109 Å². The number of hydrogen-bond donors (Lipinski definition) is 1. The van der Waals surface area contributed by atoms with Crippen molar-refractivity contribution >= 4 is 12.2 Å². The van der Waals surface area contributed by atoms with Gasteiger partial charge in [-0.25, -0.2) is 57.1 Å². The van der Waals surface area contributed by atoms with Crippen molar-refractivity contribution in [3.8, 4) is 12.3 Å². The van der Waals surface area contributed by atoms with Gasteiger partial charge in [-0.3, -0.25) is 0 Å². The second-order valence-corrected chi connectivity index (χ2v) is 9.80. The highest BCUT2D eigenvalue weighted by molar-refractivity contribution is 5.68. The number of terminal acetylenes is 1. The highest BCUT2D eigenvalue weighted by atomic mass is 19.2. The Morgan fingerprint density at radius 1 is 0.558 bits per heavy atom. The van der Waals surface area contributed by atoms with E-state index in [1.165, 1.54) is 18.9 Å². The smallest absolute Gasteiger partial charge is 0.200 e. The molecule has 1 nitrogen and oxygen atoms in total. The van der Waals surface area contributed by atoms with E-state index in [2.05, 4.69) is 33.4 Å². The average Bonchev–Trinajstić information content (AvgIpc) is 3.13. The molecule has 0 unspecified atom stereocenters. The van der Waals surface area contributed by atoms with Gasteiger partial charge in [0.2, 0.25) is 5.82 Å². The molecule has 2 radical (unpaired) electrons. The monoisotopic (exact) mass is 750 g/mol. The summed E-state index contributed by atoms with van der Waals surface area (Å²) in [5, 5.41) is 7.00. The predicted molar refractivity (Wildman–Crippen MR) is 174 cm³/mol. The van der Waals surface area contributed by atoms with Gasteiger partial charge in [0.25, 0.3) is 0 Å². The zero-order valence-corrected chi connectivity index (χ0v) is 28.1. The van der Waals surface area contributed by atoms with Gasteiger partial charge >= 0.3 is 0 Å². The fourth-order valence-corrected chi connectivity index (χ4v) is 3.96. The van der Waals surface area contributed by atoms with Crippen LogP contribution in [-0.4, -0.2) is 12.2 Å². The van der Waals surface area contributed by atoms with Crippen molar-refractivity contribution in [3.63, 3.8) is 0 Å². The average molecular weight is 751 g/mol. The third kappa shape index (κ3) is 11.0. The second-order valence-electron chi connectivity index (χ2n) is 9.80. The van der Waals surface area contributed by atoms with E-state index in [-0.39, 0.29) is 28.9 Å². The molecule has 4 aromatic carbocycles. The van der Waals surface area contributed by atoms with Gasteiger partial charge in [-0.1, -0.05) is 51.1 Å². The fourth-order valence-electron chi connectivity index (χ4n) is 3.96. The first-order valence-electron chi connectivity index (χ1n) is 14.4. The summed E-state index contributed by atoms with van der Waals surface area (Å²) in [6.07, 6.45) is 7.66. The van der Waals surface area contributed by atoms with Gasteiger partial charge in [-0.15, -0.1) is 6.42 Å².